The minimum atomic E-state index is 0.135. The summed E-state index contributed by atoms with van der Waals surface area (Å²) in [5, 5.41) is 0. The number of methoxy groups -OCH3 is 1. The van der Waals surface area contributed by atoms with Gasteiger partial charge in [0, 0.05) is 64.7 Å². The van der Waals surface area contributed by atoms with Crippen LogP contribution in [0.4, 0.5) is 5.82 Å². The van der Waals surface area contributed by atoms with Gasteiger partial charge in [0.2, 0.25) is 0 Å². The maximum atomic E-state index is 12.8. The summed E-state index contributed by atoms with van der Waals surface area (Å²) in [6.07, 6.45) is 6.57. The molecule has 2 aliphatic rings. The van der Waals surface area contributed by atoms with Gasteiger partial charge in [-0.05, 0) is 50.8 Å². The van der Waals surface area contributed by atoms with Crippen molar-refractivity contribution in [1.29, 1.82) is 0 Å². The molecule has 0 N–H and O–H groups in total. The first-order valence-corrected chi connectivity index (χ1v) is 9.85. The molecule has 1 atom stereocenters. The number of carbonyl (C=O) groups excluding carboxylic acids is 1. The lowest BCUT2D eigenvalue weighted by Crippen LogP contribution is -2.47. The summed E-state index contributed by atoms with van der Waals surface area (Å²) in [5.41, 5.74) is 0.765. The molecule has 6 heteroatoms. The van der Waals surface area contributed by atoms with E-state index in [1.165, 1.54) is 19.3 Å². The molecule has 0 bridgehead atoms. The molecule has 6 nitrogen and oxygen atoms in total. The van der Waals surface area contributed by atoms with E-state index in [1.54, 1.807) is 13.3 Å². The Morgan fingerprint density at radius 2 is 2.08 bits per heavy atom. The third-order valence-electron chi connectivity index (χ3n) is 5.59. The van der Waals surface area contributed by atoms with Crippen molar-refractivity contribution in [3.05, 3.63) is 23.9 Å². The first-order valence-electron chi connectivity index (χ1n) is 9.85. The Kier molecular flexibility index (Phi) is 6.86. The number of pyridine rings is 1. The zero-order valence-corrected chi connectivity index (χ0v) is 16.2. The first-order chi connectivity index (χ1) is 12.7. The molecule has 3 rings (SSSR count). The zero-order chi connectivity index (χ0) is 18.4. The molecule has 0 aromatic carbocycles. The van der Waals surface area contributed by atoms with E-state index in [1.807, 2.05) is 17.0 Å². The van der Waals surface area contributed by atoms with Crippen molar-refractivity contribution in [2.45, 2.75) is 25.7 Å². The van der Waals surface area contributed by atoms with Gasteiger partial charge in [0.1, 0.15) is 5.82 Å². The summed E-state index contributed by atoms with van der Waals surface area (Å²) in [5.74, 6) is 1.77. The second kappa shape index (κ2) is 9.33. The highest BCUT2D eigenvalue weighted by Crippen LogP contribution is 2.25. The first kappa shape index (κ1) is 19.1. The third kappa shape index (κ3) is 4.95. The number of ether oxygens (including phenoxy) is 1. The number of rotatable bonds is 6. The quantitative estimate of drug-likeness (QED) is 0.727. The SMILES string of the molecule is COCCCC1CCCN(c2cc(C(=O)N3CCN(C)CC3)ccn2)C1. The average Bonchev–Trinajstić information content (AvgIpc) is 2.69. The number of nitrogens with zero attached hydrogens (tertiary/aromatic N) is 4. The summed E-state index contributed by atoms with van der Waals surface area (Å²) < 4.78 is 5.18. The monoisotopic (exact) mass is 360 g/mol. The topological polar surface area (TPSA) is 48.9 Å². The number of piperazine rings is 1. The summed E-state index contributed by atoms with van der Waals surface area (Å²) >= 11 is 0. The smallest absolute Gasteiger partial charge is 0.254 e. The Hall–Kier alpha value is -1.66. The molecular weight excluding hydrogens is 328 g/mol. The van der Waals surface area contributed by atoms with Crippen molar-refractivity contribution in [2.24, 2.45) is 5.92 Å². The fourth-order valence-electron chi connectivity index (χ4n) is 3.94. The molecule has 0 aliphatic carbocycles. The average molecular weight is 361 g/mol. The van der Waals surface area contributed by atoms with Crippen molar-refractivity contribution in [1.82, 2.24) is 14.8 Å². The van der Waals surface area contributed by atoms with Crippen molar-refractivity contribution < 1.29 is 9.53 Å². The van der Waals surface area contributed by atoms with Gasteiger partial charge in [-0.3, -0.25) is 4.79 Å². The maximum absolute atomic E-state index is 12.8. The van der Waals surface area contributed by atoms with E-state index in [0.717, 1.165) is 63.7 Å². The van der Waals surface area contributed by atoms with Crippen LogP contribution in [-0.4, -0.2) is 80.7 Å². The highest BCUT2D eigenvalue weighted by molar-refractivity contribution is 5.95. The van der Waals surface area contributed by atoms with Gasteiger partial charge in [-0.25, -0.2) is 4.98 Å². The fourth-order valence-corrected chi connectivity index (χ4v) is 3.94. The number of carbonyl (C=O) groups is 1. The lowest BCUT2D eigenvalue weighted by atomic mass is 9.93. The predicted molar refractivity (Wildman–Crippen MR) is 104 cm³/mol. The largest absolute Gasteiger partial charge is 0.385 e. The van der Waals surface area contributed by atoms with Gasteiger partial charge in [0.05, 0.1) is 0 Å². The van der Waals surface area contributed by atoms with Crippen LogP contribution >= 0.6 is 0 Å². The van der Waals surface area contributed by atoms with Crippen LogP contribution in [0.15, 0.2) is 18.3 Å². The minimum Gasteiger partial charge on any atom is -0.385 e. The maximum Gasteiger partial charge on any atom is 0.254 e. The Balaban J connectivity index is 1.62. The molecule has 1 aromatic heterocycles. The van der Waals surface area contributed by atoms with Gasteiger partial charge in [0.15, 0.2) is 0 Å². The van der Waals surface area contributed by atoms with Gasteiger partial charge < -0.3 is 19.4 Å². The molecule has 3 heterocycles. The number of likely N-dealkylation sites (N-methyl/N-ethyl adjacent to an activating group) is 1. The van der Waals surface area contributed by atoms with Crippen LogP contribution in [0.1, 0.15) is 36.0 Å². The van der Waals surface area contributed by atoms with E-state index in [0.29, 0.717) is 5.92 Å². The molecule has 1 unspecified atom stereocenters. The van der Waals surface area contributed by atoms with Crippen molar-refractivity contribution in [3.63, 3.8) is 0 Å². The Labute approximate surface area is 157 Å². The van der Waals surface area contributed by atoms with Crippen molar-refractivity contribution >= 4 is 11.7 Å². The molecule has 26 heavy (non-hydrogen) atoms. The van der Waals surface area contributed by atoms with E-state index in [4.69, 9.17) is 4.74 Å². The molecule has 144 valence electrons. The number of hydrogen-bond acceptors (Lipinski definition) is 5. The van der Waals surface area contributed by atoms with Gasteiger partial charge in [-0.15, -0.1) is 0 Å². The fraction of sp³-hybridized carbons (Fsp3) is 0.700. The zero-order valence-electron chi connectivity index (χ0n) is 16.2. The standard InChI is InChI=1S/C20H32N4O2/c1-22-10-12-23(13-11-22)20(25)18-7-8-21-19(15-18)24-9-3-5-17(16-24)6-4-14-26-2/h7-8,15,17H,3-6,9-14,16H2,1-2H3. The molecule has 0 radical (unpaired) electrons. The number of piperidine rings is 1. The van der Waals surface area contributed by atoms with Crippen LogP contribution in [0.5, 0.6) is 0 Å². The normalized spacial score (nSPS) is 21.8. The Bertz CT molecular complexity index is 587. The van der Waals surface area contributed by atoms with Crippen LogP contribution in [0.3, 0.4) is 0 Å². The van der Waals surface area contributed by atoms with E-state index in [-0.39, 0.29) is 5.91 Å². The summed E-state index contributed by atoms with van der Waals surface area (Å²) in [7, 11) is 3.87. The summed E-state index contributed by atoms with van der Waals surface area (Å²) in [6.45, 7) is 6.39. The number of amides is 1. The lowest BCUT2D eigenvalue weighted by Gasteiger charge is -2.34. The predicted octanol–water partition coefficient (Wildman–Crippen LogP) is 2.11. The molecule has 1 aromatic rings. The van der Waals surface area contributed by atoms with Crippen LogP contribution < -0.4 is 4.90 Å². The number of hydrogen-bond donors (Lipinski definition) is 0. The second-order valence-corrected chi connectivity index (χ2v) is 7.59. The number of aromatic nitrogens is 1. The van der Waals surface area contributed by atoms with E-state index < -0.39 is 0 Å². The molecule has 2 saturated heterocycles. The molecule has 1 amide bonds. The Morgan fingerprint density at radius 1 is 1.27 bits per heavy atom. The minimum absolute atomic E-state index is 0.135. The van der Waals surface area contributed by atoms with Crippen LogP contribution in [-0.2, 0) is 4.74 Å². The lowest BCUT2D eigenvalue weighted by molar-refractivity contribution is 0.0664. The van der Waals surface area contributed by atoms with Crippen LogP contribution in [0, 0.1) is 5.92 Å². The van der Waals surface area contributed by atoms with Gasteiger partial charge in [-0.1, -0.05) is 0 Å². The highest BCUT2D eigenvalue weighted by Gasteiger charge is 2.23. The Morgan fingerprint density at radius 3 is 2.85 bits per heavy atom. The molecule has 0 saturated carbocycles. The van der Waals surface area contributed by atoms with Crippen LogP contribution in [0.2, 0.25) is 0 Å². The second-order valence-electron chi connectivity index (χ2n) is 7.59. The van der Waals surface area contributed by atoms with Crippen LogP contribution in [0.25, 0.3) is 0 Å². The van der Waals surface area contributed by atoms with Crippen molar-refractivity contribution in [2.75, 3.05) is 64.9 Å². The molecule has 2 fully saturated rings. The highest BCUT2D eigenvalue weighted by atomic mass is 16.5. The van der Waals surface area contributed by atoms with Gasteiger partial charge in [-0.2, -0.15) is 0 Å². The van der Waals surface area contributed by atoms with E-state index >= 15 is 0 Å². The molecule has 0 spiro atoms. The third-order valence-corrected chi connectivity index (χ3v) is 5.59. The van der Waals surface area contributed by atoms with E-state index in [2.05, 4.69) is 21.8 Å². The summed E-state index contributed by atoms with van der Waals surface area (Å²) in [4.78, 5) is 24.0. The molecular formula is C20H32N4O2. The summed E-state index contributed by atoms with van der Waals surface area (Å²) in [6, 6.07) is 3.84. The number of anilines is 1. The van der Waals surface area contributed by atoms with Gasteiger partial charge >= 0.3 is 0 Å². The van der Waals surface area contributed by atoms with Crippen molar-refractivity contribution in [3.8, 4) is 0 Å². The van der Waals surface area contributed by atoms with E-state index in [9.17, 15) is 4.79 Å². The van der Waals surface area contributed by atoms with Gasteiger partial charge in [0.25, 0.3) is 5.91 Å². The molecule has 2 aliphatic heterocycles.